The Hall–Kier alpha value is -3.17. The van der Waals surface area contributed by atoms with Crippen LogP contribution in [0, 0.1) is 0 Å². The fourth-order valence-electron chi connectivity index (χ4n) is 3.94. The molecule has 2 aliphatic rings. The number of carbonyl (C=O) groups is 2. The zero-order valence-electron chi connectivity index (χ0n) is 17.8. The third-order valence-electron chi connectivity index (χ3n) is 5.88. The maximum Gasteiger partial charge on any atom is 0.253 e. The number of anilines is 3. The normalized spacial score (nSPS) is 19.5. The summed E-state index contributed by atoms with van der Waals surface area (Å²) in [7, 11) is 2.06. The molecule has 164 valence electrons. The summed E-state index contributed by atoms with van der Waals surface area (Å²) in [5.41, 5.74) is 13.2. The fourth-order valence-corrected chi connectivity index (χ4v) is 3.94. The molecule has 0 spiro atoms. The highest BCUT2D eigenvalue weighted by Gasteiger charge is 2.23. The van der Waals surface area contributed by atoms with Gasteiger partial charge >= 0.3 is 0 Å². The summed E-state index contributed by atoms with van der Waals surface area (Å²) in [4.78, 5) is 35.4. The number of piperazine rings is 1. The standard InChI is InChI=1S/C22H29N7O2/c1-27-10-12-28(13-11-27)22(31)15-2-4-17(5-3-15)25-21-18(20(24)30)6-7-19(26-21)29-9-8-16(23)14-29/h2-7,16H,8-14,23H2,1H3,(H2,24,30)(H,25,26)/t16-/m0/s1. The smallest absolute Gasteiger partial charge is 0.253 e. The van der Waals surface area contributed by atoms with Gasteiger partial charge in [0.15, 0.2) is 0 Å². The molecule has 2 amide bonds. The van der Waals surface area contributed by atoms with Gasteiger partial charge < -0.3 is 31.5 Å². The molecule has 1 aromatic carbocycles. The summed E-state index contributed by atoms with van der Waals surface area (Å²) in [6, 6.07) is 10.8. The van der Waals surface area contributed by atoms with E-state index in [0.717, 1.165) is 57.2 Å². The molecule has 9 nitrogen and oxygen atoms in total. The Bertz CT molecular complexity index is 955. The fraction of sp³-hybridized carbons (Fsp3) is 0.409. The first-order valence-electron chi connectivity index (χ1n) is 10.6. The molecule has 2 aliphatic heterocycles. The van der Waals surface area contributed by atoms with Crippen molar-refractivity contribution in [2.24, 2.45) is 11.5 Å². The van der Waals surface area contributed by atoms with E-state index in [4.69, 9.17) is 11.5 Å². The van der Waals surface area contributed by atoms with E-state index in [1.54, 1.807) is 24.3 Å². The highest BCUT2D eigenvalue weighted by molar-refractivity contribution is 5.99. The quantitative estimate of drug-likeness (QED) is 0.652. The minimum absolute atomic E-state index is 0.0305. The van der Waals surface area contributed by atoms with Gasteiger partial charge in [-0.1, -0.05) is 0 Å². The molecule has 0 saturated carbocycles. The van der Waals surface area contributed by atoms with E-state index in [0.29, 0.717) is 16.9 Å². The number of pyridine rings is 1. The summed E-state index contributed by atoms with van der Waals surface area (Å²) in [6.07, 6.45) is 0.908. The van der Waals surface area contributed by atoms with Crippen LogP contribution in [0.5, 0.6) is 0 Å². The van der Waals surface area contributed by atoms with E-state index < -0.39 is 5.91 Å². The molecule has 1 atom stereocenters. The molecule has 0 radical (unpaired) electrons. The molecule has 2 saturated heterocycles. The van der Waals surface area contributed by atoms with Gasteiger partial charge in [-0.3, -0.25) is 9.59 Å². The lowest BCUT2D eigenvalue weighted by Gasteiger charge is -2.32. The number of nitrogens with two attached hydrogens (primary N) is 2. The lowest BCUT2D eigenvalue weighted by atomic mass is 10.1. The number of hydrogen-bond donors (Lipinski definition) is 3. The summed E-state index contributed by atoms with van der Waals surface area (Å²) in [5, 5.41) is 3.18. The van der Waals surface area contributed by atoms with Gasteiger partial charge in [-0.2, -0.15) is 0 Å². The van der Waals surface area contributed by atoms with Crippen molar-refractivity contribution in [3.05, 3.63) is 47.5 Å². The van der Waals surface area contributed by atoms with Gasteiger partial charge in [0.2, 0.25) is 0 Å². The van der Waals surface area contributed by atoms with Gasteiger partial charge in [-0.15, -0.1) is 0 Å². The molecule has 31 heavy (non-hydrogen) atoms. The molecule has 1 aromatic heterocycles. The Morgan fingerprint density at radius 3 is 2.35 bits per heavy atom. The van der Waals surface area contributed by atoms with Crippen molar-refractivity contribution in [1.29, 1.82) is 0 Å². The van der Waals surface area contributed by atoms with E-state index in [1.165, 1.54) is 0 Å². The summed E-state index contributed by atoms with van der Waals surface area (Å²) >= 11 is 0. The second-order valence-electron chi connectivity index (χ2n) is 8.22. The number of likely N-dealkylation sites (N-methyl/N-ethyl adjacent to an activating group) is 1. The Morgan fingerprint density at radius 2 is 1.74 bits per heavy atom. The molecule has 2 aromatic rings. The molecule has 5 N–H and O–H groups in total. The number of amides is 2. The number of nitrogens with one attached hydrogen (secondary N) is 1. The molecule has 4 rings (SSSR count). The minimum Gasteiger partial charge on any atom is -0.365 e. The first kappa shape index (κ1) is 21.1. The molecule has 0 aliphatic carbocycles. The summed E-state index contributed by atoms with van der Waals surface area (Å²) in [5.74, 6) is 0.621. The van der Waals surface area contributed by atoms with Gasteiger partial charge in [0.1, 0.15) is 11.6 Å². The van der Waals surface area contributed by atoms with Crippen molar-refractivity contribution >= 4 is 29.1 Å². The molecule has 0 unspecified atom stereocenters. The van der Waals surface area contributed by atoms with Gasteiger partial charge in [-0.25, -0.2) is 4.98 Å². The van der Waals surface area contributed by atoms with Crippen LogP contribution in [0.2, 0.25) is 0 Å². The zero-order valence-corrected chi connectivity index (χ0v) is 17.8. The average Bonchev–Trinajstić information content (AvgIpc) is 3.20. The van der Waals surface area contributed by atoms with Crippen molar-refractivity contribution < 1.29 is 9.59 Å². The number of rotatable bonds is 5. The number of primary amides is 1. The molecule has 2 fully saturated rings. The largest absolute Gasteiger partial charge is 0.365 e. The Kier molecular flexibility index (Phi) is 6.06. The third-order valence-corrected chi connectivity index (χ3v) is 5.88. The molecule has 9 heteroatoms. The van der Waals surface area contributed by atoms with Crippen LogP contribution in [-0.4, -0.2) is 79.0 Å². The van der Waals surface area contributed by atoms with Crippen LogP contribution in [0.4, 0.5) is 17.3 Å². The maximum atomic E-state index is 12.7. The van der Waals surface area contributed by atoms with Crippen LogP contribution in [0.15, 0.2) is 36.4 Å². The van der Waals surface area contributed by atoms with Crippen LogP contribution in [0.1, 0.15) is 27.1 Å². The van der Waals surface area contributed by atoms with Gasteiger partial charge in [-0.05, 0) is 49.9 Å². The topological polar surface area (TPSA) is 121 Å². The molecular weight excluding hydrogens is 394 g/mol. The zero-order chi connectivity index (χ0) is 22.0. The molecule has 3 heterocycles. The average molecular weight is 424 g/mol. The third kappa shape index (κ3) is 4.78. The predicted octanol–water partition coefficient (Wildman–Crippen LogP) is 0.849. The number of benzene rings is 1. The first-order chi connectivity index (χ1) is 14.9. The molecule has 0 bridgehead atoms. The highest BCUT2D eigenvalue weighted by Crippen LogP contribution is 2.25. The predicted molar refractivity (Wildman–Crippen MR) is 121 cm³/mol. The lowest BCUT2D eigenvalue weighted by molar-refractivity contribution is 0.0664. The second-order valence-corrected chi connectivity index (χ2v) is 8.22. The Labute approximate surface area is 182 Å². The van der Waals surface area contributed by atoms with E-state index >= 15 is 0 Å². The number of aromatic nitrogens is 1. The van der Waals surface area contributed by atoms with Crippen molar-refractivity contribution in [2.75, 3.05) is 56.5 Å². The van der Waals surface area contributed by atoms with Crippen LogP contribution >= 0.6 is 0 Å². The summed E-state index contributed by atoms with van der Waals surface area (Å²) in [6.45, 7) is 4.77. The number of nitrogens with zero attached hydrogens (tertiary/aromatic N) is 4. The number of hydrogen-bond acceptors (Lipinski definition) is 7. The number of carbonyl (C=O) groups excluding carboxylic acids is 2. The van der Waals surface area contributed by atoms with Crippen molar-refractivity contribution in [1.82, 2.24) is 14.8 Å². The lowest BCUT2D eigenvalue weighted by Crippen LogP contribution is -2.47. The minimum atomic E-state index is -0.554. The van der Waals surface area contributed by atoms with E-state index in [9.17, 15) is 9.59 Å². The highest BCUT2D eigenvalue weighted by atomic mass is 16.2. The van der Waals surface area contributed by atoms with Crippen LogP contribution in [-0.2, 0) is 0 Å². The van der Waals surface area contributed by atoms with Gasteiger partial charge in [0, 0.05) is 56.6 Å². The Morgan fingerprint density at radius 1 is 1.03 bits per heavy atom. The SMILES string of the molecule is CN1CCN(C(=O)c2ccc(Nc3nc(N4CC[C@H](N)C4)ccc3C(N)=O)cc2)CC1. The van der Waals surface area contributed by atoms with E-state index in [-0.39, 0.29) is 11.9 Å². The van der Waals surface area contributed by atoms with E-state index in [2.05, 4.69) is 27.1 Å². The monoisotopic (exact) mass is 423 g/mol. The maximum absolute atomic E-state index is 12.7. The van der Waals surface area contributed by atoms with Crippen molar-refractivity contribution in [3.63, 3.8) is 0 Å². The first-order valence-corrected chi connectivity index (χ1v) is 10.6. The van der Waals surface area contributed by atoms with Gasteiger partial charge in [0.05, 0.1) is 5.56 Å². The van der Waals surface area contributed by atoms with Crippen LogP contribution < -0.4 is 21.7 Å². The molecular formula is C22H29N7O2. The van der Waals surface area contributed by atoms with Crippen molar-refractivity contribution in [2.45, 2.75) is 12.5 Å². The van der Waals surface area contributed by atoms with Crippen LogP contribution in [0.3, 0.4) is 0 Å². The summed E-state index contributed by atoms with van der Waals surface area (Å²) < 4.78 is 0. The van der Waals surface area contributed by atoms with Gasteiger partial charge in [0.25, 0.3) is 11.8 Å². The Balaban J connectivity index is 1.50. The van der Waals surface area contributed by atoms with E-state index in [1.807, 2.05) is 17.0 Å². The second kappa shape index (κ2) is 8.91. The van der Waals surface area contributed by atoms with Crippen molar-refractivity contribution in [3.8, 4) is 0 Å². The van der Waals surface area contributed by atoms with Crippen LogP contribution in [0.25, 0.3) is 0 Å².